The number of ether oxygens (including phenoxy) is 2. The summed E-state index contributed by atoms with van der Waals surface area (Å²) in [4.78, 5) is 14.2. The molecule has 2 aromatic heterocycles. The quantitative estimate of drug-likeness (QED) is 0.597. The van der Waals surface area contributed by atoms with Crippen molar-refractivity contribution in [1.82, 2.24) is 24.6 Å². The minimum absolute atomic E-state index is 0.00665. The molecule has 3 fully saturated rings. The molecular weight excluding hydrogens is 444 g/mol. The third-order valence-electron chi connectivity index (χ3n) is 7.76. The SMILES string of the molecule is Cc1nc(N2CCOC(CO)C2)cc(-n2ncc3cc(C)c(C4CCN(C5COC5)CC4)cc32)n1. The van der Waals surface area contributed by atoms with Gasteiger partial charge in [0, 0.05) is 24.5 Å². The molecule has 1 N–H and O–H groups in total. The van der Waals surface area contributed by atoms with Crippen LogP contribution in [0.4, 0.5) is 5.82 Å². The number of likely N-dealkylation sites (tertiary alicyclic amines) is 1. The fourth-order valence-corrected chi connectivity index (χ4v) is 5.68. The Labute approximate surface area is 205 Å². The van der Waals surface area contributed by atoms with Crippen molar-refractivity contribution in [3.05, 3.63) is 41.3 Å². The van der Waals surface area contributed by atoms with Gasteiger partial charge in [-0.25, -0.2) is 14.6 Å². The van der Waals surface area contributed by atoms with Crippen molar-refractivity contribution in [3.63, 3.8) is 0 Å². The Morgan fingerprint density at radius 1 is 1.03 bits per heavy atom. The number of hydrogen-bond donors (Lipinski definition) is 1. The molecule has 3 saturated heterocycles. The summed E-state index contributed by atoms with van der Waals surface area (Å²) in [5.74, 6) is 2.88. The lowest BCUT2D eigenvalue weighted by atomic mass is 9.85. The number of aliphatic hydroxyl groups excluding tert-OH is 1. The number of aromatic nitrogens is 4. The van der Waals surface area contributed by atoms with Gasteiger partial charge in [0.05, 0.1) is 50.3 Å². The van der Waals surface area contributed by atoms with E-state index in [-0.39, 0.29) is 12.7 Å². The Balaban J connectivity index is 1.30. The predicted molar refractivity (Wildman–Crippen MR) is 133 cm³/mol. The largest absolute Gasteiger partial charge is 0.394 e. The third kappa shape index (κ3) is 4.42. The summed E-state index contributed by atoms with van der Waals surface area (Å²) in [5.41, 5.74) is 3.85. The van der Waals surface area contributed by atoms with Gasteiger partial charge in [0.15, 0.2) is 5.82 Å². The van der Waals surface area contributed by atoms with E-state index in [1.165, 1.54) is 24.0 Å². The second-order valence-corrected chi connectivity index (χ2v) is 10.1. The van der Waals surface area contributed by atoms with Gasteiger partial charge in [0.25, 0.3) is 0 Å². The first kappa shape index (κ1) is 22.8. The minimum atomic E-state index is -0.193. The lowest BCUT2D eigenvalue weighted by Gasteiger charge is -2.41. The molecule has 186 valence electrons. The van der Waals surface area contributed by atoms with Crippen molar-refractivity contribution < 1.29 is 14.6 Å². The standard InChI is InChI=1S/C26H34N6O3/c1-17-9-20-12-27-32(24(20)10-23(17)19-3-5-30(6-4-19)21-15-34-16-21)26-11-25(28-18(2)29-26)31-7-8-35-22(13-31)14-33/h9-12,19,21-22,33H,3-8,13-16H2,1-2H3. The van der Waals surface area contributed by atoms with E-state index in [9.17, 15) is 5.11 Å². The number of rotatable bonds is 5. The predicted octanol–water partition coefficient (Wildman–Crippen LogP) is 2.21. The number of aliphatic hydroxyl groups is 1. The molecule has 3 aromatic rings. The van der Waals surface area contributed by atoms with Crippen molar-refractivity contribution in [3.8, 4) is 5.82 Å². The van der Waals surface area contributed by atoms with Crippen molar-refractivity contribution in [2.75, 3.05) is 57.5 Å². The summed E-state index contributed by atoms with van der Waals surface area (Å²) in [5, 5.41) is 15.4. The van der Waals surface area contributed by atoms with Crippen LogP contribution < -0.4 is 4.90 Å². The molecule has 6 rings (SSSR count). The number of aryl methyl sites for hydroxylation is 2. The highest BCUT2D eigenvalue weighted by molar-refractivity contribution is 5.82. The maximum absolute atomic E-state index is 9.54. The fraction of sp³-hybridized carbons (Fsp3) is 0.577. The van der Waals surface area contributed by atoms with Crippen LogP contribution >= 0.6 is 0 Å². The van der Waals surface area contributed by atoms with Crippen molar-refractivity contribution in [1.29, 1.82) is 0 Å². The van der Waals surface area contributed by atoms with E-state index >= 15 is 0 Å². The second-order valence-electron chi connectivity index (χ2n) is 10.1. The zero-order chi connectivity index (χ0) is 23.9. The van der Waals surface area contributed by atoms with Gasteiger partial charge in [0.1, 0.15) is 11.6 Å². The summed E-state index contributed by atoms with van der Waals surface area (Å²) < 4.78 is 13.0. The van der Waals surface area contributed by atoms with Crippen molar-refractivity contribution in [2.45, 2.75) is 44.8 Å². The van der Waals surface area contributed by atoms with E-state index in [0.29, 0.717) is 30.9 Å². The molecule has 9 nitrogen and oxygen atoms in total. The number of anilines is 1. The third-order valence-corrected chi connectivity index (χ3v) is 7.76. The monoisotopic (exact) mass is 478 g/mol. The molecule has 1 atom stereocenters. The van der Waals surface area contributed by atoms with E-state index in [0.717, 1.165) is 55.4 Å². The Kier molecular flexibility index (Phi) is 6.18. The van der Waals surface area contributed by atoms with Gasteiger partial charge < -0.3 is 19.5 Å². The lowest BCUT2D eigenvalue weighted by molar-refractivity contribution is -0.0712. The fourth-order valence-electron chi connectivity index (χ4n) is 5.68. The van der Waals surface area contributed by atoms with Crippen LogP contribution in [0, 0.1) is 13.8 Å². The van der Waals surface area contributed by atoms with Crippen LogP contribution in [-0.2, 0) is 9.47 Å². The molecule has 35 heavy (non-hydrogen) atoms. The average Bonchev–Trinajstić information content (AvgIpc) is 3.25. The first-order valence-electron chi connectivity index (χ1n) is 12.7. The highest BCUT2D eigenvalue weighted by Crippen LogP contribution is 2.34. The van der Waals surface area contributed by atoms with E-state index in [1.54, 1.807) is 0 Å². The van der Waals surface area contributed by atoms with E-state index < -0.39 is 0 Å². The Morgan fingerprint density at radius 3 is 2.57 bits per heavy atom. The normalized spacial score (nSPS) is 22.6. The molecule has 0 radical (unpaired) electrons. The van der Waals surface area contributed by atoms with Gasteiger partial charge in [-0.05, 0) is 69.0 Å². The maximum Gasteiger partial charge on any atom is 0.159 e. The average molecular weight is 479 g/mol. The molecule has 0 spiro atoms. The number of nitrogens with zero attached hydrogens (tertiary/aromatic N) is 6. The van der Waals surface area contributed by atoms with Crippen LogP contribution in [-0.4, -0.2) is 94.5 Å². The summed E-state index contributed by atoms with van der Waals surface area (Å²) in [6.45, 7) is 10.1. The number of hydrogen-bond acceptors (Lipinski definition) is 8. The molecule has 0 amide bonds. The molecule has 3 aliphatic rings. The summed E-state index contributed by atoms with van der Waals surface area (Å²) >= 11 is 0. The molecule has 0 bridgehead atoms. The van der Waals surface area contributed by atoms with Gasteiger partial charge in [-0.1, -0.05) is 0 Å². The molecule has 9 heteroatoms. The zero-order valence-electron chi connectivity index (χ0n) is 20.6. The van der Waals surface area contributed by atoms with Gasteiger partial charge in [0.2, 0.25) is 0 Å². The highest BCUT2D eigenvalue weighted by Gasteiger charge is 2.31. The summed E-state index contributed by atoms with van der Waals surface area (Å²) in [7, 11) is 0. The smallest absolute Gasteiger partial charge is 0.159 e. The van der Waals surface area contributed by atoms with Crippen LogP contribution in [0.1, 0.15) is 35.7 Å². The lowest BCUT2D eigenvalue weighted by Crippen LogP contribution is -2.51. The number of benzene rings is 1. The van der Waals surface area contributed by atoms with E-state index in [2.05, 4.69) is 33.8 Å². The second kappa shape index (κ2) is 9.46. The Morgan fingerprint density at radius 2 is 1.83 bits per heavy atom. The molecule has 0 saturated carbocycles. The van der Waals surface area contributed by atoms with Gasteiger partial charge >= 0.3 is 0 Å². The topological polar surface area (TPSA) is 88.8 Å². The van der Waals surface area contributed by atoms with Gasteiger partial charge in [-0.3, -0.25) is 4.90 Å². The zero-order valence-corrected chi connectivity index (χ0v) is 20.6. The molecule has 3 aliphatic heterocycles. The molecular formula is C26H34N6O3. The highest BCUT2D eigenvalue weighted by atomic mass is 16.5. The summed E-state index contributed by atoms with van der Waals surface area (Å²) in [6.07, 6.45) is 4.09. The summed E-state index contributed by atoms with van der Waals surface area (Å²) in [6, 6.07) is 7.22. The van der Waals surface area contributed by atoms with E-state index in [1.807, 2.05) is 23.9 Å². The Hall–Kier alpha value is -2.59. The molecule has 1 aromatic carbocycles. The van der Waals surface area contributed by atoms with Gasteiger partial charge in [-0.2, -0.15) is 5.10 Å². The number of morpholine rings is 1. The van der Waals surface area contributed by atoms with Crippen LogP contribution in [0.2, 0.25) is 0 Å². The van der Waals surface area contributed by atoms with E-state index in [4.69, 9.17) is 19.6 Å². The first-order chi connectivity index (χ1) is 17.1. The van der Waals surface area contributed by atoms with Crippen LogP contribution in [0.15, 0.2) is 24.4 Å². The minimum Gasteiger partial charge on any atom is -0.394 e. The molecule has 5 heterocycles. The van der Waals surface area contributed by atoms with Crippen LogP contribution in [0.25, 0.3) is 16.7 Å². The van der Waals surface area contributed by atoms with Gasteiger partial charge in [-0.15, -0.1) is 0 Å². The number of piperidine rings is 1. The molecule has 0 aliphatic carbocycles. The van der Waals surface area contributed by atoms with Crippen molar-refractivity contribution in [2.24, 2.45) is 0 Å². The maximum atomic E-state index is 9.54. The van der Waals surface area contributed by atoms with Crippen LogP contribution in [0.5, 0.6) is 0 Å². The Bertz CT molecular complexity index is 1200. The molecule has 1 unspecified atom stereocenters. The van der Waals surface area contributed by atoms with Crippen LogP contribution in [0.3, 0.4) is 0 Å². The first-order valence-corrected chi connectivity index (χ1v) is 12.7. The van der Waals surface area contributed by atoms with Crippen molar-refractivity contribution >= 4 is 16.7 Å². The number of fused-ring (bicyclic) bond motifs is 1.